The number of methoxy groups -OCH3 is 1. The van der Waals surface area contributed by atoms with Crippen LogP contribution in [0.1, 0.15) is 47.1 Å². The molecule has 1 N–H and O–H groups in total. The van der Waals surface area contributed by atoms with Gasteiger partial charge in [-0.05, 0) is 64.1 Å². The standard InChI is InChI=1S/C21H26N2O4/c1-15-7-6-8-17(13-15)20(25)23(21(2,3)4)22-19(24)16-9-11-18(12-10-16)27-14-26-5/h6-13H,14H2,1-5H3,(H,22,24). The summed E-state index contributed by atoms with van der Waals surface area (Å²) in [5.41, 5.74) is 4.06. The maximum absolute atomic E-state index is 13.0. The first-order valence-corrected chi connectivity index (χ1v) is 8.66. The van der Waals surface area contributed by atoms with Crippen molar-refractivity contribution in [2.45, 2.75) is 33.2 Å². The molecule has 0 fully saturated rings. The predicted octanol–water partition coefficient (Wildman–Crippen LogP) is 3.56. The molecule has 144 valence electrons. The van der Waals surface area contributed by atoms with Crippen LogP contribution in [0.15, 0.2) is 48.5 Å². The van der Waals surface area contributed by atoms with Crippen LogP contribution in [0.5, 0.6) is 5.75 Å². The van der Waals surface area contributed by atoms with Crippen molar-refractivity contribution in [1.82, 2.24) is 10.4 Å². The number of ether oxygens (including phenoxy) is 2. The summed E-state index contributed by atoms with van der Waals surface area (Å²) in [4.78, 5) is 25.6. The maximum Gasteiger partial charge on any atom is 0.272 e. The van der Waals surface area contributed by atoms with E-state index in [0.717, 1.165) is 5.56 Å². The Labute approximate surface area is 160 Å². The Bertz CT molecular complexity index is 795. The van der Waals surface area contributed by atoms with Gasteiger partial charge in [-0.2, -0.15) is 0 Å². The van der Waals surface area contributed by atoms with Gasteiger partial charge in [-0.1, -0.05) is 17.7 Å². The molecule has 0 aliphatic carbocycles. The molecular formula is C21H26N2O4. The van der Waals surface area contributed by atoms with Crippen molar-refractivity contribution in [1.29, 1.82) is 0 Å². The molecule has 0 unspecified atom stereocenters. The zero-order valence-corrected chi connectivity index (χ0v) is 16.4. The Morgan fingerprint density at radius 2 is 1.70 bits per heavy atom. The zero-order chi connectivity index (χ0) is 20.0. The molecule has 0 heterocycles. The fourth-order valence-electron chi connectivity index (χ4n) is 2.43. The van der Waals surface area contributed by atoms with Gasteiger partial charge in [0.2, 0.25) is 0 Å². The molecule has 0 atom stereocenters. The number of amides is 2. The van der Waals surface area contributed by atoms with Crippen LogP contribution in [0.25, 0.3) is 0 Å². The highest BCUT2D eigenvalue weighted by Gasteiger charge is 2.29. The average Bonchev–Trinajstić information content (AvgIpc) is 2.63. The van der Waals surface area contributed by atoms with E-state index >= 15 is 0 Å². The van der Waals surface area contributed by atoms with Crippen LogP contribution in [0.2, 0.25) is 0 Å². The lowest BCUT2D eigenvalue weighted by molar-refractivity contribution is 0.0358. The summed E-state index contributed by atoms with van der Waals surface area (Å²) in [5.74, 6) is -0.0410. The Hall–Kier alpha value is -2.86. The molecule has 6 heteroatoms. The molecular weight excluding hydrogens is 344 g/mol. The summed E-state index contributed by atoms with van der Waals surface area (Å²) in [6.07, 6.45) is 0. The van der Waals surface area contributed by atoms with Crippen molar-refractivity contribution in [2.75, 3.05) is 13.9 Å². The molecule has 0 bridgehead atoms. The van der Waals surface area contributed by atoms with Gasteiger partial charge in [0.05, 0.1) is 5.54 Å². The Morgan fingerprint density at radius 3 is 2.26 bits per heavy atom. The highest BCUT2D eigenvalue weighted by molar-refractivity contribution is 5.99. The van der Waals surface area contributed by atoms with Crippen LogP contribution in [-0.4, -0.2) is 36.3 Å². The van der Waals surface area contributed by atoms with E-state index in [1.165, 1.54) is 12.1 Å². The van der Waals surface area contributed by atoms with Gasteiger partial charge in [-0.25, -0.2) is 5.01 Å². The second kappa shape index (κ2) is 8.68. The van der Waals surface area contributed by atoms with E-state index in [9.17, 15) is 9.59 Å². The second-order valence-electron chi connectivity index (χ2n) is 7.20. The number of carbonyl (C=O) groups excluding carboxylic acids is 2. The van der Waals surface area contributed by atoms with Crippen LogP contribution in [-0.2, 0) is 4.74 Å². The van der Waals surface area contributed by atoms with Crippen molar-refractivity contribution in [2.24, 2.45) is 0 Å². The van der Waals surface area contributed by atoms with Crippen molar-refractivity contribution in [3.8, 4) is 5.75 Å². The van der Waals surface area contributed by atoms with E-state index < -0.39 is 5.54 Å². The third-order valence-corrected chi connectivity index (χ3v) is 3.81. The number of hydrazine groups is 1. The fourth-order valence-corrected chi connectivity index (χ4v) is 2.43. The van der Waals surface area contributed by atoms with Crippen LogP contribution in [0.3, 0.4) is 0 Å². The molecule has 0 aliphatic rings. The first-order valence-electron chi connectivity index (χ1n) is 8.66. The minimum atomic E-state index is -0.599. The third kappa shape index (κ3) is 5.56. The fraction of sp³-hybridized carbons (Fsp3) is 0.333. The topological polar surface area (TPSA) is 67.9 Å². The predicted molar refractivity (Wildman–Crippen MR) is 104 cm³/mol. The van der Waals surface area contributed by atoms with Crippen molar-refractivity contribution in [3.05, 3.63) is 65.2 Å². The first kappa shape index (κ1) is 20.5. The summed E-state index contributed by atoms with van der Waals surface area (Å²) < 4.78 is 10.2. The van der Waals surface area contributed by atoms with Crippen LogP contribution < -0.4 is 10.2 Å². The number of nitrogens with one attached hydrogen (secondary N) is 1. The van der Waals surface area contributed by atoms with Crippen LogP contribution in [0, 0.1) is 6.92 Å². The van der Waals surface area contributed by atoms with Gasteiger partial charge in [0.25, 0.3) is 11.8 Å². The van der Waals surface area contributed by atoms with Gasteiger partial charge in [0.1, 0.15) is 5.75 Å². The van der Waals surface area contributed by atoms with E-state index in [2.05, 4.69) is 5.43 Å². The van der Waals surface area contributed by atoms with Crippen molar-refractivity contribution < 1.29 is 19.1 Å². The number of aryl methyl sites for hydroxylation is 1. The average molecular weight is 370 g/mol. The lowest BCUT2D eigenvalue weighted by Gasteiger charge is -2.35. The minimum absolute atomic E-state index is 0.133. The van der Waals surface area contributed by atoms with Gasteiger partial charge in [0.15, 0.2) is 6.79 Å². The van der Waals surface area contributed by atoms with Crippen molar-refractivity contribution in [3.63, 3.8) is 0 Å². The van der Waals surface area contributed by atoms with E-state index in [1.807, 2.05) is 39.8 Å². The van der Waals surface area contributed by atoms with Gasteiger partial charge in [-0.15, -0.1) is 0 Å². The quantitative estimate of drug-likeness (QED) is 0.645. The molecule has 0 radical (unpaired) electrons. The van der Waals surface area contributed by atoms with Crippen LogP contribution >= 0.6 is 0 Å². The number of benzene rings is 2. The van der Waals surface area contributed by atoms with E-state index in [0.29, 0.717) is 16.9 Å². The van der Waals surface area contributed by atoms with Gasteiger partial charge in [-0.3, -0.25) is 15.0 Å². The van der Waals surface area contributed by atoms with E-state index in [-0.39, 0.29) is 18.6 Å². The maximum atomic E-state index is 13.0. The summed E-state index contributed by atoms with van der Waals surface area (Å²) >= 11 is 0. The molecule has 27 heavy (non-hydrogen) atoms. The van der Waals surface area contributed by atoms with E-state index in [1.54, 1.807) is 36.4 Å². The highest BCUT2D eigenvalue weighted by atomic mass is 16.7. The Morgan fingerprint density at radius 1 is 1.04 bits per heavy atom. The largest absolute Gasteiger partial charge is 0.468 e. The molecule has 6 nitrogen and oxygen atoms in total. The van der Waals surface area contributed by atoms with Gasteiger partial charge >= 0.3 is 0 Å². The molecule has 0 saturated heterocycles. The Balaban J connectivity index is 2.18. The molecule has 0 saturated carbocycles. The van der Waals surface area contributed by atoms with Crippen molar-refractivity contribution >= 4 is 11.8 Å². The monoisotopic (exact) mass is 370 g/mol. The molecule has 2 aromatic carbocycles. The molecule has 0 aromatic heterocycles. The SMILES string of the molecule is COCOc1ccc(C(=O)NN(C(=O)c2cccc(C)c2)C(C)(C)C)cc1. The lowest BCUT2D eigenvalue weighted by atomic mass is 10.1. The molecule has 2 rings (SSSR count). The smallest absolute Gasteiger partial charge is 0.272 e. The summed E-state index contributed by atoms with van der Waals surface area (Å²) in [6, 6.07) is 13.9. The molecule has 2 amide bonds. The molecule has 0 spiro atoms. The molecule has 0 aliphatic heterocycles. The van der Waals surface area contributed by atoms with E-state index in [4.69, 9.17) is 9.47 Å². The molecule has 2 aromatic rings. The number of hydrogen-bond acceptors (Lipinski definition) is 4. The second-order valence-corrected chi connectivity index (χ2v) is 7.20. The number of nitrogens with zero attached hydrogens (tertiary/aromatic N) is 1. The minimum Gasteiger partial charge on any atom is -0.468 e. The Kier molecular flexibility index (Phi) is 6.58. The number of rotatable bonds is 5. The van der Waals surface area contributed by atoms with Gasteiger partial charge in [0, 0.05) is 18.2 Å². The normalized spacial score (nSPS) is 11.0. The van der Waals surface area contributed by atoms with Gasteiger partial charge < -0.3 is 9.47 Å². The zero-order valence-electron chi connectivity index (χ0n) is 16.4. The number of carbonyl (C=O) groups is 2. The summed E-state index contributed by atoms with van der Waals surface area (Å²) in [6.45, 7) is 7.65. The van der Waals surface area contributed by atoms with Crippen LogP contribution in [0.4, 0.5) is 0 Å². The summed E-state index contributed by atoms with van der Waals surface area (Å²) in [5, 5.41) is 1.36. The number of hydrogen-bond donors (Lipinski definition) is 1. The first-order chi connectivity index (χ1) is 12.7. The lowest BCUT2D eigenvalue weighted by Crippen LogP contribution is -2.55. The highest BCUT2D eigenvalue weighted by Crippen LogP contribution is 2.17. The summed E-state index contributed by atoms with van der Waals surface area (Å²) in [7, 11) is 1.54. The third-order valence-electron chi connectivity index (χ3n) is 3.81.